The molecule has 3 aromatic rings. The van der Waals surface area contributed by atoms with Crippen LogP contribution in [0.15, 0.2) is 35.5 Å². The third kappa shape index (κ3) is 4.64. The smallest absolute Gasteiger partial charge is 0.243 e. The Morgan fingerprint density at radius 1 is 1.06 bits per heavy atom. The molecule has 0 aliphatic carbocycles. The number of sulfonamides is 1. The number of carbonyl (C=O) groups excluding carboxylic acids is 1. The fourth-order valence-electron chi connectivity index (χ4n) is 4.93. The molecular weight excluding hydrogens is 506 g/mol. The highest BCUT2D eigenvalue weighted by atomic mass is 35.5. The van der Waals surface area contributed by atoms with Gasteiger partial charge in [-0.1, -0.05) is 17.7 Å². The number of nitrogens with zero attached hydrogens (tertiary/aromatic N) is 5. The summed E-state index contributed by atoms with van der Waals surface area (Å²) in [5.74, 6) is 1.03. The van der Waals surface area contributed by atoms with Gasteiger partial charge in [-0.2, -0.15) is 4.31 Å². The minimum absolute atomic E-state index is 0.0510. The van der Waals surface area contributed by atoms with Crippen molar-refractivity contribution in [3.8, 4) is 0 Å². The summed E-state index contributed by atoms with van der Waals surface area (Å²) < 4.78 is 27.4. The normalized spacial score (nSPS) is 18.4. The van der Waals surface area contributed by atoms with E-state index in [1.54, 1.807) is 35.9 Å². The lowest BCUT2D eigenvalue weighted by atomic mass is 9.94. The van der Waals surface area contributed by atoms with Gasteiger partial charge in [0.1, 0.15) is 17.0 Å². The van der Waals surface area contributed by atoms with Crippen LogP contribution in [0.4, 0.5) is 5.82 Å². The van der Waals surface area contributed by atoms with Crippen molar-refractivity contribution in [1.82, 2.24) is 19.2 Å². The Morgan fingerprint density at radius 2 is 1.77 bits per heavy atom. The van der Waals surface area contributed by atoms with Crippen LogP contribution in [0.2, 0.25) is 5.02 Å². The van der Waals surface area contributed by atoms with Crippen LogP contribution in [0.5, 0.6) is 0 Å². The molecule has 5 rings (SSSR count). The van der Waals surface area contributed by atoms with Crippen LogP contribution in [0.1, 0.15) is 23.3 Å². The van der Waals surface area contributed by atoms with Crippen LogP contribution in [-0.2, 0) is 14.8 Å². The Bertz CT molecular complexity index is 1360. The van der Waals surface area contributed by atoms with Gasteiger partial charge in [0.15, 0.2) is 0 Å². The molecule has 11 heteroatoms. The van der Waals surface area contributed by atoms with Crippen molar-refractivity contribution in [3.05, 3.63) is 46.1 Å². The number of amides is 1. The van der Waals surface area contributed by atoms with Gasteiger partial charge in [-0.3, -0.25) is 4.79 Å². The van der Waals surface area contributed by atoms with Gasteiger partial charge in [0.25, 0.3) is 0 Å². The van der Waals surface area contributed by atoms with Crippen molar-refractivity contribution in [1.29, 1.82) is 0 Å². The number of fused-ring (bicyclic) bond motifs is 1. The summed E-state index contributed by atoms with van der Waals surface area (Å²) in [5, 5.41) is 1.51. The fraction of sp³-hybridized carbons (Fsp3) is 0.458. The number of piperazine rings is 1. The molecule has 0 bridgehead atoms. The zero-order valence-corrected chi connectivity index (χ0v) is 22.2. The Kier molecular flexibility index (Phi) is 6.73. The van der Waals surface area contributed by atoms with E-state index in [-0.39, 0.29) is 29.8 Å². The van der Waals surface area contributed by atoms with Gasteiger partial charge in [-0.25, -0.2) is 18.4 Å². The Morgan fingerprint density at radius 3 is 2.46 bits per heavy atom. The third-order valence-corrected chi connectivity index (χ3v) is 10.3. The van der Waals surface area contributed by atoms with Crippen molar-refractivity contribution in [3.63, 3.8) is 0 Å². The minimum atomic E-state index is -3.62. The highest BCUT2D eigenvalue weighted by molar-refractivity contribution is 7.89. The Hall–Kier alpha value is -2.27. The average molecular weight is 534 g/mol. The first kappa shape index (κ1) is 24.4. The second kappa shape index (κ2) is 9.65. The third-order valence-electron chi connectivity index (χ3n) is 7.07. The molecule has 0 radical (unpaired) electrons. The largest absolute Gasteiger partial charge is 0.356 e. The van der Waals surface area contributed by atoms with E-state index in [1.807, 2.05) is 4.90 Å². The molecule has 2 fully saturated rings. The lowest BCUT2D eigenvalue weighted by Crippen LogP contribution is -2.52. The van der Waals surface area contributed by atoms with E-state index in [0.29, 0.717) is 18.1 Å². The highest BCUT2D eigenvalue weighted by Crippen LogP contribution is 2.36. The van der Waals surface area contributed by atoms with Crippen molar-refractivity contribution >= 4 is 54.9 Å². The van der Waals surface area contributed by atoms with Gasteiger partial charge >= 0.3 is 0 Å². The van der Waals surface area contributed by atoms with Crippen LogP contribution in [0.3, 0.4) is 0 Å². The molecule has 186 valence electrons. The molecule has 0 atom stereocenters. The molecule has 2 saturated heterocycles. The Balaban J connectivity index is 1.20. The number of rotatable bonds is 4. The lowest BCUT2D eigenvalue weighted by Gasteiger charge is -2.38. The fourth-order valence-corrected chi connectivity index (χ4v) is 7.64. The summed E-state index contributed by atoms with van der Waals surface area (Å²) in [5.41, 5.74) is 1.23. The number of thiophene rings is 1. The van der Waals surface area contributed by atoms with E-state index in [4.69, 9.17) is 11.6 Å². The molecule has 4 heterocycles. The number of hydrogen-bond donors (Lipinski definition) is 0. The maximum absolute atomic E-state index is 13.2. The molecule has 0 saturated carbocycles. The topological polar surface area (TPSA) is 86.7 Å². The zero-order valence-electron chi connectivity index (χ0n) is 19.8. The minimum Gasteiger partial charge on any atom is -0.356 e. The van der Waals surface area contributed by atoms with Crippen molar-refractivity contribution in [2.45, 2.75) is 31.6 Å². The molecule has 0 unspecified atom stereocenters. The summed E-state index contributed by atoms with van der Waals surface area (Å²) in [4.78, 5) is 28.8. The molecule has 2 aliphatic heterocycles. The Labute approximate surface area is 214 Å². The standard InChI is InChI=1S/C24H28ClN5O3S2/c1-16-17(2)34-23-21(16)22(26-15-27-23)28-8-6-18(7-9-28)24(31)29-10-12-30(13-11-29)35(32,33)20-5-3-4-19(25)14-20/h3-5,14-15,18H,6-13H2,1-2H3. The number of halogens is 1. The molecule has 35 heavy (non-hydrogen) atoms. The molecule has 0 N–H and O–H groups in total. The maximum atomic E-state index is 13.2. The van der Waals surface area contributed by atoms with Crippen LogP contribution >= 0.6 is 22.9 Å². The van der Waals surface area contributed by atoms with Crippen molar-refractivity contribution < 1.29 is 13.2 Å². The summed E-state index contributed by atoms with van der Waals surface area (Å²) >= 11 is 7.67. The SMILES string of the molecule is Cc1sc2ncnc(N3CCC(C(=O)N4CCN(S(=O)(=O)c5cccc(Cl)c5)CC4)CC3)c2c1C. The molecular formula is C24H28ClN5O3S2. The monoisotopic (exact) mass is 533 g/mol. The van der Waals surface area contributed by atoms with Gasteiger partial charge in [0, 0.05) is 55.1 Å². The molecule has 2 aromatic heterocycles. The zero-order chi connectivity index (χ0) is 24.7. The highest BCUT2D eigenvalue weighted by Gasteiger charge is 2.34. The van der Waals surface area contributed by atoms with E-state index in [2.05, 4.69) is 28.7 Å². The lowest BCUT2D eigenvalue weighted by molar-refractivity contribution is -0.137. The van der Waals surface area contributed by atoms with Gasteiger partial charge < -0.3 is 9.80 Å². The number of piperidine rings is 1. The number of aryl methyl sites for hydroxylation is 2. The van der Waals surface area contributed by atoms with Gasteiger partial charge in [-0.05, 0) is 50.5 Å². The van der Waals surface area contributed by atoms with Gasteiger partial charge in [-0.15, -0.1) is 11.3 Å². The summed E-state index contributed by atoms with van der Waals surface area (Å²) in [6, 6.07) is 6.30. The quantitative estimate of drug-likeness (QED) is 0.508. The van der Waals surface area contributed by atoms with E-state index in [9.17, 15) is 13.2 Å². The van der Waals surface area contributed by atoms with Crippen molar-refractivity contribution in [2.24, 2.45) is 5.92 Å². The molecule has 8 nitrogen and oxygen atoms in total. The molecule has 1 amide bonds. The first-order chi connectivity index (χ1) is 16.8. The van der Waals surface area contributed by atoms with E-state index in [0.717, 1.165) is 42.0 Å². The van der Waals surface area contributed by atoms with E-state index in [1.165, 1.54) is 20.8 Å². The number of carbonyl (C=O) groups is 1. The number of benzene rings is 1. The maximum Gasteiger partial charge on any atom is 0.243 e. The average Bonchev–Trinajstić information content (AvgIpc) is 3.17. The first-order valence-corrected chi connectivity index (χ1v) is 14.4. The van der Waals surface area contributed by atoms with Crippen LogP contribution in [-0.4, -0.2) is 72.8 Å². The second-order valence-electron chi connectivity index (χ2n) is 9.11. The number of anilines is 1. The predicted molar refractivity (Wildman–Crippen MR) is 139 cm³/mol. The first-order valence-electron chi connectivity index (χ1n) is 11.8. The van der Waals surface area contributed by atoms with E-state index >= 15 is 0 Å². The number of aromatic nitrogens is 2. The number of hydrogen-bond acceptors (Lipinski definition) is 7. The summed E-state index contributed by atoms with van der Waals surface area (Å²) in [6.45, 7) is 7.13. The van der Waals surface area contributed by atoms with Gasteiger partial charge in [0.05, 0.1) is 10.3 Å². The molecule has 1 aromatic carbocycles. The second-order valence-corrected chi connectivity index (χ2v) is 12.7. The summed E-state index contributed by atoms with van der Waals surface area (Å²) in [6.07, 6.45) is 3.14. The van der Waals surface area contributed by atoms with Crippen LogP contribution in [0.25, 0.3) is 10.2 Å². The molecule has 0 spiro atoms. The van der Waals surface area contributed by atoms with Crippen LogP contribution in [0, 0.1) is 19.8 Å². The molecule has 2 aliphatic rings. The van der Waals surface area contributed by atoms with Crippen molar-refractivity contribution in [2.75, 3.05) is 44.2 Å². The van der Waals surface area contributed by atoms with Crippen LogP contribution < -0.4 is 4.90 Å². The van der Waals surface area contributed by atoms with Gasteiger partial charge in [0.2, 0.25) is 15.9 Å². The van der Waals surface area contributed by atoms with E-state index < -0.39 is 10.0 Å². The summed E-state index contributed by atoms with van der Waals surface area (Å²) in [7, 11) is -3.62. The predicted octanol–water partition coefficient (Wildman–Crippen LogP) is 3.71.